The van der Waals surface area contributed by atoms with E-state index in [4.69, 9.17) is 34.8 Å². The van der Waals surface area contributed by atoms with E-state index in [0.717, 1.165) is 15.4 Å². The molecule has 4 rings (SSSR count). The van der Waals surface area contributed by atoms with Crippen LogP contribution in [-0.2, 0) is 32.6 Å². The summed E-state index contributed by atoms with van der Waals surface area (Å²) in [7, 11) is -4.25. The number of rotatable bonds is 12. The van der Waals surface area contributed by atoms with Crippen molar-refractivity contribution in [3.05, 3.63) is 128 Å². The van der Waals surface area contributed by atoms with Crippen LogP contribution in [0.25, 0.3) is 0 Å². The maximum Gasteiger partial charge on any atom is 0.264 e. The van der Waals surface area contributed by atoms with E-state index in [1.165, 1.54) is 17.0 Å². The predicted octanol–water partition coefficient (Wildman–Crippen LogP) is 7.24. The van der Waals surface area contributed by atoms with E-state index in [1.54, 1.807) is 62.4 Å². The smallest absolute Gasteiger partial charge is 0.264 e. The average Bonchev–Trinajstić information content (AvgIpc) is 3.00. The van der Waals surface area contributed by atoms with E-state index < -0.39 is 34.4 Å². The minimum atomic E-state index is -4.25. The molecular formula is C34H34Cl3N3O4S. The summed E-state index contributed by atoms with van der Waals surface area (Å²) < 4.78 is 29.5. The molecule has 0 aliphatic carbocycles. The Balaban J connectivity index is 1.85. The van der Waals surface area contributed by atoms with Gasteiger partial charge in [-0.25, -0.2) is 8.42 Å². The summed E-state index contributed by atoms with van der Waals surface area (Å²) in [5.41, 5.74) is 2.97. The monoisotopic (exact) mass is 685 g/mol. The van der Waals surface area contributed by atoms with Crippen molar-refractivity contribution in [2.24, 2.45) is 0 Å². The molecule has 4 aromatic carbocycles. The fourth-order valence-electron chi connectivity index (χ4n) is 4.95. The second-order valence-electron chi connectivity index (χ2n) is 10.6. The van der Waals surface area contributed by atoms with Crippen LogP contribution in [0, 0.1) is 13.8 Å². The van der Waals surface area contributed by atoms with Crippen LogP contribution in [0.5, 0.6) is 0 Å². The third kappa shape index (κ3) is 8.38. The van der Waals surface area contributed by atoms with E-state index in [1.807, 2.05) is 37.3 Å². The predicted molar refractivity (Wildman–Crippen MR) is 182 cm³/mol. The molecule has 0 spiro atoms. The molecule has 1 N–H and O–H groups in total. The number of hydrogen-bond donors (Lipinski definition) is 1. The molecule has 45 heavy (non-hydrogen) atoms. The second kappa shape index (κ2) is 15.1. The Morgan fingerprint density at radius 2 is 1.49 bits per heavy atom. The molecule has 0 radical (unpaired) electrons. The first-order valence-electron chi connectivity index (χ1n) is 14.3. The fraction of sp³-hybridized carbons (Fsp3) is 0.235. The lowest BCUT2D eigenvalue weighted by molar-refractivity contribution is -0.140. The van der Waals surface area contributed by atoms with Crippen LogP contribution in [0.15, 0.2) is 95.9 Å². The van der Waals surface area contributed by atoms with Gasteiger partial charge in [0.05, 0.1) is 10.6 Å². The Labute approximate surface area is 279 Å². The molecule has 2 amide bonds. The van der Waals surface area contributed by atoms with Crippen molar-refractivity contribution in [2.75, 3.05) is 17.4 Å². The van der Waals surface area contributed by atoms with Gasteiger partial charge in [0.25, 0.3) is 10.0 Å². The number of aryl methyl sites for hydroxylation is 2. The molecule has 11 heteroatoms. The summed E-state index contributed by atoms with van der Waals surface area (Å²) in [5, 5.41) is 3.88. The Kier molecular flexibility index (Phi) is 11.6. The van der Waals surface area contributed by atoms with Crippen LogP contribution < -0.4 is 9.62 Å². The molecular weight excluding hydrogens is 653 g/mol. The molecule has 0 saturated carbocycles. The first-order chi connectivity index (χ1) is 21.4. The standard InChI is InChI=1S/C34H34Cl3N3O4S/c1-4-38-34(42)32(20-25-9-6-5-7-10-25)39(21-28-29(36)11-8-12-30(28)37)33(41)22-40(31-18-15-26(35)19-24(31)3)45(43,44)27-16-13-23(2)14-17-27/h5-19,32H,4,20-22H2,1-3H3,(H,38,42)/t32-/m0/s1. The lowest BCUT2D eigenvalue weighted by Gasteiger charge is -2.34. The van der Waals surface area contributed by atoms with Gasteiger partial charge in [0.2, 0.25) is 11.8 Å². The SMILES string of the molecule is CCNC(=O)[C@H](Cc1ccccc1)N(Cc1c(Cl)cccc1Cl)C(=O)CN(c1ccc(Cl)cc1C)S(=O)(=O)c1ccc(C)cc1. The Morgan fingerprint density at radius 1 is 0.844 bits per heavy atom. The van der Waals surface area contributed by atoms with Gasteiger partial charge in [-0.15, -0.1) is 0 Å². The van der Waals surface area contributed by atoms with Crippen LogP contribution in [0.4, 0.5) is 5.69 Å². The maximum absolute atomic E-state index is 14.5. The van der Waals surface area contributed by atoms with Crippen molar-refractivity contribution in [2.45, 2.75) is 44.7 Å². The highest BCUT2D eigenvalue weighted by molar-refractivity contribution is 7.92. The highest BCUT2D eigenvalue weighted by Crippen LogP contribution is 2.31. The molecule has 236 valence electrons. The van der Waals surface area contributed by atoms with Crippen molar-refractivity contribution >= 4 is 62.3 Å². The van der Waals surface area contributed by atoms with E-state index in [2.05, 4.69) is 5.32 Å². The Morgan fingerprint density at radius 3 is 2.09 bits per heavy atom. The molecule has 0 fully saturated rings. The topological polar surface area (TPSA) is 86.8 Å². The second-order valence-corrected chi connectivity index (χ2v) is 13.7. The summed E-state index contributed by atoms with van der Waals surface area (Å²) in [6.45, 7) is 4.95. The van der Waals surface area contributed by atoms with Gasteiger partial charge in [-0.05, 0) is 74.4 Å². The number of amides is 2. The zero-order chi connectivity index (χ0) is 32.7. The molecule has 0 unspecified atom stereocenters. The number of nitrogens with zero attached hydrogens (tertiary/aromatic N) is 2. The van der Waals surface area contributed by atoms with Crippen LogP contribution in [-0.4, -0.2) is 44.3 Å². The minimum Gasteiger partial charge on any atom is -0.355 e. The van der Waals surface area contributed by atoms with Crippen LogP contribution in [0.2, 0.25) is 15.1 Å². The zero-order valence-corrected chi connectivity index (χ0v) is 28.2. The molecule has 0 saturated heterocycles. The molecule has 4 aromatic rings. The molecule has 0 bridgehead atoms. The van der Waals surface area contributed by atoms with E-state index in [9.17, 15) is 18.0 Å². The third-order valence-electron chi connectivity index (χ3n) is 7.33. The van der Waals surface area contributed by atoms with Crippen LogP contribution >= 0.6 is 34.8 Å². The number of sulfonamides is 1. The normalized spacial score (nSPS) is 12.0. The lowest BCUT2D eigenvalue weighted by atomic mass is 10.0. The van der Waals surface area contributed by atoms with Gasteiger partial charge in [-0.2, -0.15) is 0 Å². The number of nitrogens with one attached hydrogen (secondary N) is 1. The number of anilines is 1. The molecule has 1 atom stereocenters. The van der Waals surface area contributed by atoms with Gasteiger partial charge in [0.1, 0.15) is 12.6 Å². The van der Waals surface area contributed by atoms with E-state index in [-0.39, 0.29) is 23.5 Å². The van der Waals surface area contributed by atoms with E-state index >= 15 is 0 Å². The zero-order valence-electron chi connectivity index (χ0n) is 25.1. The number of hydrogen-bond acceptors (Lipinski definition) is 4. The summed E-state index contributed by atoms with van der Waals surface area (Å²) in [6, 6.07) is 24.4. The number of halogens is 3. The van der Waals surface area contributed by atoms with Crippen LogP contribution in [0.3, 0.4) is 0 Å². The van der Waals surface area contributed by atoms with Gasteiger partial charge < -0.3 is 10.2 Å². The molecule has 0 heterocycles. The van der Waals surface area contributed by atoms with E-state index in [0.29, 0.717) is 32.7 Å². The average molecular weight is 687 g/mol. The van der Waals surface area contributed by atoms with Gasteiger partial charge in [-0.3, -0.25) is 13.9 Å². The quantitative estimate of drug-likeness (QED) is 0.170. The lowest BCUT2D eigenvalue weighted by Crippen LogP contribution is -2.53. The van der Waals surface area contributed by atoms with Gasteiger partial charge in [-0.1, -0.05) is 88.9 Å². The first kappa shape index (κ1) is 34.3. The molecule has 0 aliphatic rings. The molecule has 0 aromatic heterocycles. The highest BCUT2D eigenvalue weighted by atomic mass is 35.5. The number of benzene rings is 4. The number of carbonyl (C=O) groups excluding carboxylic acids is 2. The van der Waals surface area contributed by atoms with Crippen molar-refractivity contribution in [3.8, 4) is 0 Å². The van der Waals surface area contributed by atoms with Crippen LogP contribution in [0.1, 0.15) is 29.2 Å². The van der Waals surface area contributed by atoms with Crippen molar-refractivity contribution in [3.63, 3.8) is 0 Å². The largest absolute Gasteiger partial charge is 0.355 e. The highest BCUT2D eigenvalue weighted by Gasteiger charge is 2.35. The van der Waals surface area contributed by atoms with Gasteiger partial charge in [0.15, 0.2) is 0 Å². The molecule has 0 aliphatic heterocycles. The van der Waals surface area contributed by atoms with Crippen molar-refractivity contribution < 1.29 is 18.0 Å². The van der Waals surface area contributed by atoms with Gasteiger partial charge >= 0.3 is 0 Å². The number of likely N-dealkylation sites (N-methyl/N-ethyl adjacent to an activating group) is 1. The summed E-state index contributed by atoms with van der Waals surface area (Å²) in [5.74, 6) is -1.02. The number of carbonyl (C=O) groups is 2. The maximum atomic E-state index is 14.5. The first-order valence-corrected chi connectivity index (χ1v) is 16.9. The summed E-state index contributed by atoms with van der Waals surface area (Å²) >= 11 is 19.3. The summed E-state index contributed by atoms with van der Waals surface area (Å²) in [6.07, 6.45) is 0.172. The third-order valence-corrected chi connectivity index (χ3v) is 10.0. The fourth-order valence-corrected chi connectivity index (χ4v) is 7.17. The summed E-state index contributed by atoms with van der Waals surface area (Å²) in [4.78, 5) is 29.5. The molecule has 7 nitrogen and oxygen atoms in total. The van der Waals surface area contributed by atoms with Crippen molar-refractivity contribution in [1.82, 2.24) is 10.2 Å². The Hall–Kier alpha value is -3.56. The minimum absolute atomic E-state index is 0.0144. The van der Waals surface area contributed by atoms with Crippen molar-refractivity contribution in [1.29, 1.82) is 0 Å². The van der Waals surface area contributed by atoms with Gasteiger partial charge in [0, 0.05) is 40.1 Å². The Bertz CT molecular complexity index is 1750.